The third-order valence-electron chi connectivity index (χ3n) is 4.09. The summed E-state index contributed by atoms with van der Waals surface area (Å²) in [6.45, 7) is 0. The maximum atomic E-state index is 6.07. The van der Waals surface area contributed by atoms with Crippen molar-refractivity contribution in [1.82, 2.24) is 4.98 Å². The summed E-state index contributed by atoms with van der Waals surface area (Å²) >= 11 is 1.57. The Balaban J connectivity index is 1.41. The van der Waals surface area contributed by atoms with Crippen molar-refractivity contribution in [2.45, 2.75) is 0 Å². The number of thiazole rings is 1. The van der Waals surface area contributed by atoms with Crippen LogP contribution in [0.4, 0.5) is 27.9 Å². The van der Waals surface area contributed by atoms with Crippen molar-refractivity contribution in [2.75, 3.05) is 16.6 Å². The minimum Gasteiger partial charge on any atom is -0.398 e. The molecule has 1 aromatic heterocycles. The number of anilines is 3. The van der Waals surface area contributed by atoms with Gasteiger partial charge in [0.25, 0.3) is 0 Å². The van der Waals surface area contributed by atoms with Crippen LogP contribution in [0.3, 0.4) is 0 Å². The van der Waals surface area contributed by atoms with Crippen LogP contribution in [0.15, 0.2) is 72.2 Å². The maximum absolute atomic E-state index is 6.07. The van der Waals surface area contributed by atoms with Gasteiger partial charge in [0.2, 0.25) is 5.13 Å². The van der Waals surface area contributed by atoms with Crippen LogP contribution in [0.25, 0.3) is 10.8 Å². The molecule has 0 saturated heterocycles. The molecule has 0 bridgehead atoms. The minimum absolute atomic E-state index is 0.797. The molecule has 7 heteroatoms. The SMILES string of the molecule is Nc1ccc([NH2+]Nc2ccc([NH2+]Nc3nccs3)cc2)c2ccccc12. The molecule has 0 unspecified atom stereocenters. The molecule has 0 atom stereocenters. The van der Waals surface area contributed by atoms with E-state index in [0.29, 0.717) is 0 Å². The second-order valence-electron chi connectivity index (χ2n) is 5.83. The van der Waals surface area contributed by atoms with Gasteiger partial charge in [-0.1, -0.05) is 18.2 Å². The maximum Gasteiger partial charge on any atom is 0.229 e. The van der Waals surface area contributed by atoms with Gasteiger partial charge in [0, 0.05) is 46.2 Å². The lowest BCUT2D eigenvalue weighted by Crippen LogP contribution is -2.83. The van der Waals surface area contributed by atoms with Gasteiger partial charge in [0.05, 0.1) is 5.69 Å². The Hall–Kier alpha value is -3.13. The Morgan fingerprint density at radius 1 is 0.846 bits per heavy atom. The summed E-state index contributed by atoms with van der Waals surface area (Å²) in [5.74, 6) is 0. The molecule has 130 valence electrons. The summed E-state index contributed by atoms with van der Waals surface area (Å²) in [4.78, 5) is 4.19. The molecule has 0 spiro atoms. The lowest BCUT2D eigenvalue weighted by Gasteiger charge is -2.09. The van der Waals surface area contributed by atoms with E-state index in [1.807, 2.05) is 58.7 Å². The van der Waals surface area contributed by atoms with Crippen LogP contribution < -0.4 is 27.4 Å². The molecule has 0 fully saturated rings. The molecular formula is C19H20N6S+2. The van der Waals surface area contributed by atoms with Gasteiger partial charge in [-0.2, -0.15) is 0 Å². The Labute approximate surface area is 155 Å². The molecule has 0 aliphatic heterocycles. The highest BCUT2D eigenvalue weighted by Gasteiger charge is 2.07. The second-order valence-corrected chi connectivity index (χ2v) is 6.72. The Bertz CT molecular complexity index is 998. The number of aromatic nitrogens is 1. The summed E-state index contributed by atoms with van der Waals surface area (Å²) in [7, 11) is 0. The highest BCUT2D eigenvalue weighted by Crippen LogP contribution is 2.25. The number of quaternary nitrogens is 2. The van der Waals surface area contributed by atoms with Crippen LogP contribution in [-0.4, -0.2) is 4.98 Å². The summed E-state index contributed by atoms with van der Waals surface area (Å²) < 4.78 is 0. The van der Waals surface area contributed by atoms with Crippen molar-refractivity contribution < 1.29 is 10.9 Å². The molecule has 0 saturated carbocycles. The summed E-state index contributed by atoms with van der Waals surface area (Å²) in [6.07, 6.45) is 1.78. The van der Waals surface area contributed by atoms with Gasteiger partial charge < -0.3 is 5.73 Å². The van der Waals surface area contributed by atoms with Crippen LogP contribution in [0.1, 0.15) is 0 Å². The predicted molar refractivity (Wildman–Crippen MR) is 107 cm³/mol. The van der Waals surface area contributed by atoms with Crippen molar-refractivity contribution in [1.29, 1.82) is 0 Å². The molecule has 8 N–H and O–H groups in total. The van der Waals surface area contributed by atoms with E-state index in [0.717, 1.165) is 38.7 Å². The number of nitrogens with zero attached hydrogens (tertiary/aromatic N) is 1. The van der Waals surface area contributed by atoms with Crippen LogP contribution in [0, 0.1) is 0 Å². The Morgan fingerprint density at radius 3 is 2.42 bits per heavy atom. The van der Waals surface area contributed by atoms with Crippen molar-refractivity contribution >= 4 is 50.0 Å². The monoisotopic (exact) mass is 364 g/mol. The molecule has 4 aromatic rings. The number of fused-ring (bicyclic) bond motifs is 1. The molecule has 0 aliphatic carbocycles. The van der Waals surface area contributed by atoms with Crippen molar-refractivity contribution in [2.24, 2.45) is 0 Å². The van der Waals surface area contributed by atoms with Gasteiger partial charge in [-0.3, -0.25) is 0 Å². The van der Waals surface area contributed by atoms with Crippen LogP contribution in [0.2, 0.25) is 0 Å². The zero-order valence-electron chi connectivity index (χ0n) is 14.0. The number of benzene rings is 3. The van der Waals surface area contributed by atoms with Crippen LogP contribution in [-0.2, 0) is 0 Å². The highest BCUT2D eigenvalue weighted by atomic mass is 32.1. The first-order valence-electron chi connectivity index (χ1n) is 8.26. The molecular weight excluding hydrogens is 344 g/mol. The molecule has 1 heterocycles. The topological polar surface area (TPSA) is 96.2 Å². The molecule has 0 radical (unpaired) electrons. The van der Waals surface area contributed by atoms with E-state index in [1.165, 1.54) is 0 Å². The normalized spacial score (nSPS) is 10.8. The van der Waals surface area contributed by atoms with E-state index in [-0.39, 0.29) is 0 Å². The largest absolute Gasteiger partial charge is 0.398 e. The second kappa shape index (κ2) is 7.40. The number of nitrogen functional groups attached to an aromatic ring is 3. The molecule has 3 aromatic carbocycles. The van der Waals surface area contributed by atoms with E-state index in [1.54, 1.807) is 17.5 Å². The molecule has 26 heavy (non-hydrogen) atoms. The summed E-state index contributed by atoms with van der Waals surface area (Å²) in [5.41, 5.74) is 20.6. The van der Waals surface area contributed by atoms with Crippen LogP contribution in [0.5, 0.6) is 0 Å². The third kappa shape index (κ3) is 3.60. The average molecular weight is 364 g/mol. The smallest absolute Gasteiger partial charge is 0.229 e. The standard InChI is InChI=1S/C19H18N6S/c20-17-9-10-18(16-4-2-1-3-15(16)17)24-22-13-5-7-14(8-6-13)23-25-19-21-11-12-26-19/h1-12,22-24H,20H2,(H,21,25)/p+2. The number of nitrogens with one attached hydrogen (secondary N) is 2. The first-order chi connectivity index (χ1) is 12.8. The van der Waals surface area contributed by atoms with Gasteiger partial charge in [-0.15, -0.1) is 11.3 Å². The van der Waals surface area contributed by atoms with Gasteiger partial charge in [-0.05, 0) is 24.3 Å². The third-order valence-corrected chi connectivity index (χ3v) is 4.80. The average Bonchev–Trinajstić information content (AvgIpc) is 3.21. The predicted octanol–water partition coefficient (Wildman–Crippen LogP) is 2.32. The molecule has 4 rings (SSSR count). The fraction of sp³-hybridized carbons (Fsp3) is 0. The first kappa shape index (κ1) is 16.3. The van der Waals surface area contributed by atoms with Crippen molar-refractivity contribution in [3.8, 4) is 0 Å². The zero-order chi connectivity index (χ0) is 17.8. The Morgan fingerprint density at radius 2 is 1.65 bits per heavy atom. The quantitative estimate of drug-likeness (QED) is 0.206. The number of rotatable bonds is 6. The van der Waals surface area contributed by atoms with Gasteiger partial charge in [-0.25, -0.2) is 26.7 Å². The summed E-state index contributed by atoms with van der Waals surface area (Å²) in [6, 6.07) is 20.3. The van der Waals surface area contributed by atoms with E-state index < -0.39 is 0 Å². The lowest BCUT2D eigenvalue weighted by molar-refractivity contribution is -0.538. The zero-order valence-corrected chi connectivity index (χ0v) is 14.8. The summed E-state index contributed by atoms with van der Waals surface area (Å²) in [5, 5.41) is 5.04. The molecule has 0 aliphatic rings. The Kier molecular flexibility index (Phi) is 4.65. The van der Waals surface area contributed by atoms with E-state index >= 15 is 0 Å². The highest BCUT2D eigenvalue weighted by molar-refractivity contribution is 7.13. The first-order valence-corrected chi connectivity index (χ1v) is 9.14. The number of nitrogens with two attached hydrogens (primary N) is 3. The van der Waals surface area contributed by atoms with Crippen molar-refractivity contribution in [3.05, 3.63) is 72.2 Å². The fourth-order valence-electron chi connectivity index (χ4n) is 2.75. The number of hydrogen-bond acceptors (Lipinski definition) is 5. The van der Waals surface area contributed by atoms with E-state index in [2.05, 4.69) is 34.0 Å². The van der Waals surface area contributed by atoms with Crippen molar-refractivity contribution in [3.63, 3.8) is 0 Å². The lowest BCUT2D eigenvalue weighted by atomic mass is 10.1. The molecule has 0 amide bonds. The van der Waals surface area contributed by atoms with E-state index in [4.69, 9.17) is 5.73 Å². The minimum atomic E-state index is 0.797. The fourth-order valence-corrected chi connectivity index (χ4v) is 3.25. The molecule has 6 nitrogen and oxygen atoms in total. The number of hydrogen-bond donors (Lipinski definition) is 5. The van der Waals surface area contributed by atoms with Crippen LogP contribution >= 0.6 is 11.3 Å². The van der Waals surface area contributed by atoms with Gasteiger partial charge >= 0.3 is 0 Å². The van der Waals surface area contributed by atoms with Gasteiger partial charge in [0.1, 0.15) is 0 Å². The van der Waals surface area contributed by atoms with E-state index in [9.17, 15) is 0 Å². The van der Waals surface area contributed by atoms with Gasteiger partial charge in [0.15, 0.2) is 11.4 Å².